The fraction of sp³-hybridized carbons (Fsp3) is 0.333. The number of hydrogen-bond donors (Lipinski definition) is 1. The molecule has 0 aliphatic heterocycles. The fourth-order valence-electron chi connectivity index (χ4n) is 2.94. The van der Waals surface area contributed by atoms with E-state index in [1.807, 2.05) is 18.3 Å². The molecule has 0 unspecified atom stereocenters. The quantitative estimate of drug-likeness (QED) is 0.403. The molecule has 1 N–H and O–H groups in total. The molecule has 0 spiro atoms. The molecule has 5 heteroatoms. The number of rotatable bonds is 10. The first-order valence-electron chi connectivity index (χ1n) is 10.2. The van der Waals surface area contributed by atoms with Crippen LogP contribution in [0, 0.1) is 6.92 Å². The molecule has 3 rings (SSSR count). The summed E-state index contributed by atoms with van der Waals surface area (Å²) < 4.78 is 5.73. The molecule has 0 aliphatic rings. The summed E-state index contributed by atoms with van der Waals surface area (Å²) >= 11 is 1.51. The van der Waals surface area contributed by atoms with E-state index in [9.17, 15) is 4.79 Å². The minimum absolute atomic E-state index is 0.157. The van der Waals surface area contributed by atoms with Crippen molar-refractivity contribution in [2.24, 2.45) is 0 Å². The van der Waals surface area contributed by atoms with Gasteiger partial charge in [-0.15, -0.1) is 11.3 Å². The van der Waals surface area contributed by atoms with Gasteiger partial charge in [0.1, 0.15) is 5.75 Å². The average Bonchev–Trinajstić information content (AvgIpc) is 3.16. The molecule has 0 atom stereocenters. The van der Waals surface area contributed by atoms with Gasteiger partial charge in [0.15, 0.2) is 5.13 Å². The van der Waals surface area contributed by atoms with E-state index < -0.39 is 0 Å². The molecule has 2 aromatic carbocycles. The van der Waals surface area contributed by atoms with Crippen molar-refractivity contribution in [1.29, 1.82) is 0 Å². The lowest BCUT2D eigenvalue weighted by Crippen LogP contribution is -2.11. The molecule has 0 radical (unpaired) electrons. The Morgan fingerprint density at radius 2 is 1.79 bits per heavy atom. The van der Waals surface area contributed by atoms with Crippen LogP contribution in [0.1, 0.15) is 59.0 Å². The predicted octanol–water partition coefficient (Wildman–Crippen LogP) is 6.25. The second-order valence-corrected chi connectivity index (χ2v) is 8.30. The summed E-state index contributed by atoms with van der Waals surface area (Å²) in [7, 11) is 0. The molecule has 0 saturated carbocycles. The third kappa shape index (κ3) is 6.71. The molecular weight excluding hydrogens is 380 g/mol. The van der Waals surface area contributed by atoms with Crippen LogP contribution in [-0.4, -0.2) is 17.5 Å². The van der Waals surface area contributed by atoms with Crippen LogP contribution in [-0.2, 0) is 6.42 Å². The number of carbonyl (C=O) groups is 1. The number of hydrogen-bond acceptors (Lipinski definition) is 4. The molecule has 0 aliphatic carbocycles. The number of aromatic nitrogens is 1. The lowest BCUT2D eigenvalue weighted by molar-refractivity contribution is 0.102. The number of amides is 1. The fourth-order valence-corrected chi connectivity index (χ4v) is 3.79. The molecule has 0 bridgehead atoms. The summed E-state index contributed by atoms with van der Waals surface area (Å²) in [5, 5.41) is 3.51. The van der Waals surface area contributed by atoms with E-state index in [1.54, 1.807) is 12.1 Å². The van der Waals surface area contributed by atoms with Gasteiger partial charge in [0.25, 0.3) is 5.91 Å². The number of carbonyl (C=O) groups excluding carboxylic acids is 1. The molecule has 0 fully saturated rings. The Labute approximate surface area is 177 Å². The van der Waals surface area contributed by atoms with E-state index in [4.69, 9.17) is 4.74 Å². The van der Waals surface area contributed by atoms with Gasteiger partial charge in [0.2, 0.25) is 0 Å². The van der Waals surface area contributed by atoms with Crippen LogP contribution in [0.2, 0.25) is 0 Å². The topological polar surface area (TPSA) is 51.2 Å². The minimum atomic E-state index is -0.157. The van der Waals surface area contributed by atoms with Gasteiger partial charge in [-0.3, -0.25) is 10.1 Å². The number of anilines is 1. The van der Waals surface area contributed by atoms with Gasteiger partial charge >= 0.3 is 0 Å². The van der Waals surface area contributed by atoms with E-state index in [1.165, 1.54) is 41.7 Å². The number of nitrogens with zero attached hydrogens (tertiary/aromatic N) is 1. The van der Waals surface area contributed by atoms with Crippen molar-refractivity contribution in [3.8, 4) is 5.75 Å². The lowest BCUT2D eigenvalue weighted by atomic mass is 10.1. The number of unbranched alkanes of at least 4 members (excludes halogenated alkanes) is 3. The van der Waals surface area contributed by atoms with Crippen molar-refractivity contribution < 1.29 is 9.53 Å². The molecule has 1 aromatic heterocycles. The van der Waals surface area contributed by atoms with Crippen LogP contribution in [0.15, 0.2) is 54.7 Å². The zero-order chi connectivity index (χ0) is 20.5. The van der Waals surface area contributed by atoms with E-state index in [0.29, 0.717) is 17.3 Å². The molecule has 1 amide bonds. The van der Waals surface area contributed by atoms with E-state index >= 15 is 0 Å². The maximum absolute atomic E-state index is 12.5. The summed E-state index contributed by atoms with van der Waals surface area (Å²) in [4.78, 5) is 17.9. The summed E-state index contributed by atoms with van der Waals surface area (Å²) in [6.45, 7) is 4.99. The van der Waals surface area contributed by atoms with Crippen molar-refractivity contribution in [1.82, 2.24) is 4.98 Å². The van der Waals surface area contributed by atoms with Crippen molar-refractivity contribution in [3.63, 3.8) is 0 Å². The molecular formula is C24H28N2O2S. The second-order valence-electron chi connectivity index (χ2n) is 7.18. The second kappa shape index (κ2) is 10.8. The van der Waals surface area contributed by atoms with E-state index in [2.05, 4.69) is 48.4 Å². The highest BCUT2D eigenvalue weighted by molar-refractivity contribution is 7.15. The molecule has 152 valence electrons. The molecule has 0 saturated heterocycles. The molecule has 3 aromatic rings. The highest BCUT2D eigenvalue weighted by Gasteiger charge is 2.10. The van der Waals surface area contributed by atoms with Crippen LogP contribution in [0.4, 0.5) is 5.13 Å². The van der Waals surface area contributed by atoms with Crippen LogP contribution < -0.4 is 10.1 Å². The van der Waals surface area contributed by atoms with Crippen LogP contribution in [0.3, 0.4) is 0 Å². The van der Waals surface area contributed by atoms with Crippen molar-refractivity contribution >= 4 is 22.4 Å². The smallest absolute Gasteiger partial charge is 0.257 e. The number of thiazole rings is 1. The predicted molar refractivity (Wildman–Crippen MR) is 120 cm³/mol. The van der Waals surface area contributed by atoms with Gasteiger partial charge in [-0.05, 0) is 43.2 Å². The highest BCUT2D eigenvalue weighted by atomic mass is 32.1. The number of nitrogens with one attached hydrogen (secondary N) is 1. The Morgan fingerprint density at radius 1 is 1.03 bits per heavy atom. The normalized spacial score (nSPS) is 10.7. The summed E-state index contributed by atoms with van der Waals surface area (Å²) in [5.74, 6) is 0.642. The Kier molecular flexibility index (Phi) is 7.82. The zero-order valence-electron chi connectivity index (χ0n) is 17.1. The van der Waals surface area contributed by atoms with Crippen LogP contribution in [0.25, 0.3) is 0 Å². The van der Waals surface area contributed by atoms with Crippen molar-refractivity contribution in [2.75, 3.05) is 11.9 Å². The Morgan fingerprint density at radius 3 is 2.52 bits per heavy atom. The lowest BCUT2D eigenvalue weighted by Gasteiger charge is -2.07. The Balaban J connectivity index is 1.49. The summed E-state index contributed by atoms with van der Waals surface area (Å²) in [6.07, 6.45) is 7.36. The average molecular weight is 409 g/mol. The number of benzene rings is 2. The first-order valence-corrected chi connectivity index (χ1v) is 11.0. The first-order chi connectivity index (χ1) is 14.1. The molecule has 1 heterocycles. The van der Waals surface area contributed by atoms with Gasteiger partial charge in [-0.2, -0.15) is 0 Å². The third-order valence-electron chi connectivity index (χ3n) is 4.66. The molecule has 29 heavy (non-hydrogen) atoms. The van der Waals surface area contributed by atoms with Gasteiger partial charge in [-0.1, -0.05) is 56.0 Å². The zero-order valence-corrected chi connectivity index (χ0v) is 17.9. The monoisotopic (exact) mass is 408 g/mol. The SMILES string of the molecule is CCCCCCOc1ccc(C(=O)Nc2ncc(Cc3ccc(C)cc3)s2)cc1. The number of aryl methyl sites for hydroxylation is 1. The van der Waals surface area contributed by atoms with Crippen molar-refractivity contribution in [3.05, 3.63) is 76.3 Å². The Bertz CT molecular complexity index is 901. The largest absolute Gasteiger partial charge is 0.494 e. The third-order valence-corrected chi connectivity index (χ3v) is 5.57. The minimum Gasteiger partial charge on any atom is -0.494 e. The van der Waals surface area contributed by atoms with Gasteiger partial charge < -0.3 is 4.74 Å². The van der Waals surface area contributed by atoms with Crippen LogP contribution in [0.5, 0.6) is 5.75 Å². The Hall–Kier alpha value is -2.66. The number of ether oxygens (including phenoxy) is 1. The van der Waals surface area contributed by atoms with Gasteiger partial charge in [0.05, 0.1) is 6.61 Å². The first kappa shape index (κ1) is 21.1. The van der Waals surface area contributed by atoms with Crippen molar-refractivity contribution in [2.45, 2.75) is 46.0 Å². The molecule has 4 nitrogen and oxygen atoms in total. The van der Waals surface area contributed by atoms with E-state index in [0.717, 1.165) is 23.5 Å². The standard InChI is InChI=1S/C24H28N2O2S/c1-3-4-5-6-15-28-21-13-11-20(12-14-21)23(27)26-24-25-17-22(29-24)16-19-9-7-18(2)8-10-19/h7-14,17H,3-6,15-16H2,1-2H3,(H,25,26,27). The van der Waals surface area contributed by atoms with Gasteiger partial charge in [0, 0.05) is 23.1 Å². The van der Waals surface area contributed by atoms with Gasteiger partial charge in [-0.25, -0.2) is 4.98 Å². The maximum Gasteiger partial charge on any atom is 0.257 e. The summed E-state index contributed by atoms with van der Waals surface area (Å²) in [5.41, 5.74) is 3.08. The highest BCUT2D eigenvalue weighted by Crippen LogP contribution is 2.22. The van der Waals surface area contributed by atoms with E-state index in [-0.39, 0.29) is 5.91 Å². The maximum atomic E-state index is 12.5. The summed E-state index contributed by atoms with van der Waals surface area (Å²) in [6, 6.07) is 15.7. The van der Waals surface area contributed by atoms with Crippen LogP contribution >= 0.6 is 11.3 Å².